The Balaban J connectivity index is 1.47. The molecule has 1 spiro atoms. The highest BCUT2D eigenvalue weighted by Gasteiger charge is 2.40. The fourth-order valence-electron chi connectivity index (χ4n) is 4.36. The maximum Gasteiger partial charge on any atom is 0.0731 e. The summed E-state index contributed by atoms with van der Waals surface area (Å²) in [6.07, 6.45) is 4.78. The van der Waals surface area contributed by atoms with Crippen molar-refractivity contribution in [3.63, 3.8) is 0 Å². The molecule has 0 amide bonds. The molecule has 6 nitrogen and oxygen atoms in total. The van der Waals surface area contributed by atoms with Gasteiger partial charge in [0.15, 0.2) is 0 Å². The van der Waals surface area contributed by atoms with Crippen LogP contribution >= 0.6 is 0 Å². The van der Waals surface area contributed by atoms with Gasteiger partial charge in [0.2, 0.25) is 0 Å². The molecule has 2 fully saturated rings. The van der Waals surface area contributed by atoms with Crippen molar-refractivity contribution < 1.29 is 14.2 Å². The SMILES string of the molecule is Cc1nn(C)c(C)c1CN1CCC2(CC1)CC(OCCOC(C)C)CCO2. The highest BCUT2D eigenvalue weighted by Crippen LogP contribution is 2.36. The fourth-order valence-corrected chi connectivity index (χ4v) is 4.36. The van der Waals surface area contributed by atoms with Crippen LogP contribution in [0.25, 0.3) is 0 Å². The molecule has 3 heterocycles. The molecule has 6 heteroatoms. The molecule has 1 unspecified atom stereocenters. The molecule has 0 aliphatic carbocycles. The van der Waals surface area contributed by atoms with E-state index in [4.69, 9.17) is 14.2 Å². The largest absolute Gasteiger partial charge is 0.376 e. The Kier molecular flexibility index (Phi) is 6.95. The fraction of sp³-hybridized carbons (Fsp3) is 0.857. The summed E-state index contributed by atoms with van der Waals surface area (Å²) in [7, 11) is 2.03. The quantitative estimate of drug-likeness (QED) is 0.682. The number of nitrogens with zero attached hydrogens (tertiary/aromatic N) is 3. The molecule has 27 heavy (non-hydrogen) atoms. The predicted octanol–water partition coefficient (Wildman–Crippen LogP) is 2.99. The van der Waals surface area contributed by atoms with Crippen LogP contribution in [0.1, 0.15) is 56.5 Å². The predicted molar refractivity (Wildman–Crippen MR) is 106 cm³/mol. The van der Waals surface area contributed by atoms with Crippen LogP contribution in [-0.2, 0) is 27.8 Å². The normalized spacial score (nSPS) is 23.4. The van der Waals surface area contributed by atoms with Gasteiger partial charge in [0, 0.05) is 51.0 Å². The van der Waals surface area contributed by atoms with Crippen molar-refractivity contribution in [2.24, 2.45) is 7.05 Å². The summed E-state index contributed by atoms with van der Waals surface area (Å²) in [6.45, 7) is 13.7. The monoisotopic (exact) mass is 379 g/mol. The zero-order chi connectivity index (χ0) is 19.4. The van der Waals surface area contributed by atoms with Gasteiger partial charge in [-0.3, -0.25) is 9.58 Å². The van der Waals surface area contributed by atoms with Crippen LogP contribution in [0.15, 0.2) is 0 Å². The molecular weight excluding hydrogens is 342 g/mol. The average Bonchev–Trinajstić information content (AvgIpc) is 2.87. The summed E-state index contributed by atoms with van der Waals surface area (Å²) in [5, 5.41) is 4.55. The summed E-state index contributed by atoms with van der Waals surface area (Å²) < 4.78 is 19.9. The number of aryl methyl sites for hydroxylation is 2. The molecule has 1 aromatic heterocycles. The summed E-state index contributed by atoms with van der Waals surface area (Å²) in [6, 6.07) is 0. The van der Waals surface area contributed by atoms with Gasteiger partial charge in [-0.15, -0.1) is 0 Å². The van der Waals surface area contributed by atoms with E-state index < -0.39 is 0 Å². The van der Waals surface area contributed by atoms with Crippen LogP contribution in [0.3, 0.4) is 0 Å². The van der Waals surface area contributed by atoms with Crippen LogP contribution in [0.2, 0.25) is 0 Å². The minimum atomic E-state index is 0.0113. The van der Waals surface area contributed by atoms with E-state index in [2.05, 4.69) is 37.7 Å². The molecule has 154 valence electrons. The van der Waals surface area contributed by atoms with Gasteiger partial charge in [0.1, 0.15) is 0 Å². The highest BCUT2D eigenvalue weighted by atomic mass is 16.5. The first-order valence-electron chi connectivity index (χ1n) is 10.5. The Hall–Kier alpha value is -0.950. The molecule has 3 rings (SSSR count). The zero-order valence-corrected chi connectivity index (χ0v) is 17.8. The minimum Gasteiger partial charge on any atom is -0.376 e. The number of ether oxygens (including phenoxy) is 3. The lowest BCUT2D eigenvalue weighted by molar-refractivity contribution is -0.159. The molecule has 2 saturated heterocycles. The summed E-state index contributed by atoms with van der Waals surface area (Å²) in [4.78, 5) is 2.55. The molecular formula is C21H37N3O3. The third-order valence-electron chi connectivity index (χ3n) is 6.14. The van der Waals surface area contributed by atoms with Gasteiger partial charge in [0.25, 0.3) is 0 Å². The Labute approximate surface area is 164 Å². The lowest BCUT2D eigenvalue weighted by atomic mass is 9.83. The van der Waals surface area contributed by atoms with E-state index in [1.54, 1.807) is 0 Å². The number of hydrogen-bond donors (Lipinski definition) is 0. The van der Waals surface area contributed by atoms with Gasteiger partial charge >= 0.3 is 0 Å². The van der Waals surface area contributed by atoms with Crippen molar-refractivity contribution in [2.75, 3.05) is 32.9 Å². The van der Waals surface area contributed by atoms with E-state index in [1.807, 2.05) is 11.7 Å². The van der Waals surface area contributed by atoms with Gasteiger partial charge in [-0.25, -0.2) is 0 Å². The van der Waals surface area contributed by atoms with E-state index in [-0.39, 0.29) is 11.7 Å². The van der Waals surface area contributed by atoms with Gasteiger partial charge in [-0.05, 0) is 47.0 Å². The third-order valence-corrected chi connectivity index (χ3v) is 6.14. The lowest BCUT2D eigenvalue weighted by Crippen LogP contribution is -2.50. The molecule has 2 aliphatic rings. The van der Waals surface area contributed by atoms with Crippen molar-refractivity contribution in [2.45, 2.75) is 77.7 Å². The number of hydrogen-bond acceptors (Lipinski definition) is 5. The van der Waals surface area contributed by atoms with Crippen molar-refractivity contribution in [3.8, 4) is 0 Å². The van der Waals surface area contributed by atoms with Crippen molar-refractivity contribution >= 4 is 0 Å². The standard InChI is InChI=1S/C21H37N3O3/c1-16(2)25-12-13-26-19-6-11-27-21(14-19)7-9-24(10-8-21)15-20-17(3)22-23(5)18(20)4/h16,19H,6-15H2,1-5H3. The van der Waals surface area contributed by atoms with Crippen LogP contribution in [0.5, 0.6) is 0 Å². The average molecular weight is 380 g/mol. The van der Waals surface area contributed by atoms with Crippen molar-refractivity contribution in [1.82, 2.24) is 14.7 Å². The first-order valence-corrected chi connectivity index (χ1v) is 10.5. The number of aromatic nitrogens is 2. The Morgan fingerprint density at radius 2 is 1.96 bits per heavy atom. The van der Waals surface area contributed by atoms with Crippen molar-refractivity contribution in [3.05, 3.63) is 17.0 Å². The number of likely N-dealkylation sites (tertiary alicyclic amines) is 1. The lowest BCUT2D eigenvalue weighted by Gasteiger charge is -2.46. The van der Waals surface area contributed by atoms with Gasteiger partial charge < -0.3 is 14.2 Å². The summed E-state index contributed by atoms with van der Waals surface area (Å²) in [5.41, 5.74) is 3.82. The zero-order valence-electron chi connectivity index (χ0n) is 17.8. The van der Waals surface area contributed by atoms with Crippen molar-refractivity contribution in [1.29, 1.82) is 0 Å². The molecule has 1 aromatic rings. The Bertz CT molecular complexity index is 606. The molecule has 0 aromatic carbocycles. The van der Waals surface area contributed by atoms with E-state index in [0.29, 0.717) is 19.3 Å². The van der Waals surface area contributed by atoms with E-state index in [0.717, 1.165) is 57.6 Å². The summed E-state index contributed by atoms with van der Waals surface area (Å²) >= 11 is 0. The van der Waals surface area contributed by atoms with E-state index in [1.165, 1.54) is 11.3 Å². The first-order chi connectivity index (χ1) is 12.9. The van der Waals surface area contributed by atoms with E-state index >= 15 is 0 Å². The van der Waals surface area contributed by atoms with Gasteiger partial charge in [-0.2, -0.15) is 5.10 Å². The molecule has 0 N–H and O–H groups in total. The Morgan fingerprint density at radius 3 is 2.59 bits per heavy atom. The topological polar surface area (TPSA) is 48.8 Å². The molecule has 0 bridgehead atoms. The van der Waals surface area contributed by atoms with E-state index in [9.17, 15) is 0 Å². The van der Waals surface area contributed by atoms with Crippen LogP contribution in [-0.4, -0.2) is 65.4 Å². The van der Waals surface area contributed by atoms with Gasteiger partial charge in [-0.1, -0.05) is 0 Å². The second-order valence-corrected chi connectivity index (χ2v) is 8.49. The van der Waals surface area contributed by atoms with Crippen LogP contribution in [0.4, 0.5) is 0 Å². The first kappa shape index (κ1) is 20.8. The minimum absolute atomic E-state index is 0.0113. The second-order valence-electron chi connectivity index (χ2n) is 8.49. The molecule has 0 saturated carbocycles. The van der Waals surface area contributed by atoms with Gasteiger partial charge in [0.05, 0.1) is 36.7 Å². The molecule has 1 atom stereocenters. The maximum atomic E-state index is 6.28. The number of rotatable bonds is 7. The third kappa shape index (κ3) is 5.31. The molecule has 2 aliphatic heterocycles. The summed E-state index contributed by atoms with van der Waals surface area (Å²) in [5.74, 6) is 0. The second kappa shape index (κ2) is 9.03. The highest BCUT2D eigenvalue weighted by molar-refractivity contribution is 5.24. The maximum absolute atomic E-state index is 6.28. The molecule has 0 radical (unpaired) electrons. The van der Waals surface area contributed by atoms with Crippen LogP contribution in [0, 0.1) is 13.8 Å². The smallest absolute Gasteiger partial charge is 0.0731 e. The van der Waals surface area contributed by atoms with Crippen LogP contribution < -0.4 is 0 Å². The number of piperidine rings is 1. The Morgan fingerprint density at radius 1 is 1.22 bits per heavy atom.